The van der Waals surface area contributed by atoms with Gasteiger partial charge in [0.25, 0.3) is 5.91 Å². The van der Waals surface area contributed by atoms with E-state index in [9.17, 15) is 4.79 Å². The number of nitrogens with zero attached hydrogens (tertiary/aromatic N) is 3. The number of primary amides is 1. The number of ether oxygens (including phenoxy) is 1. The van der Waals surface area contributed by atoms with E-state index >= 15 is 0 Å². The molecular weight excluding hydrogens is 372 g/mol. The monoisotopic (exact) mass is 390 g/mol. The Hall–Kier alpha value is -3.45. The lowest BCUT2D eigenvalue weighted by Crippen LogP contribution is -2.11. The number of methoxy groups -OCH3 is 1. The van der Waals surface area contributed by atoms with Crippen molar-refractivity contribution in [3.63, 3.8) is 0 Å². The van der Waals surface area contributed by atoms with Crippen molar-refractivity contribution in [2.75, 3.05) is 7.11 Å². The van der Waals surface area contributed by atoms with Crippen LogP contribution in [-0.4, -0.2) is 27.6 Å². The van der Waals surface area contributed by atoms with Crippen molar-refractivity contribution < 1.29 is 9.53 Å². The molecule has 6 nitrogen and oxygen atoms in total. The van der Waals surface area contributed by atoms with Crippen LogP contribution in [0.2, 0.25) is 0 Å². The number of hydrogen-bond donors (Lipinski definition) is 1. The van der Waals surface area contributed by atoms with E-state index in [1.807, 2.05) is 58.6 Å². The predicted octanol–water partition coefficient (Wildman–Crippen LogP) is 3.69. The fourth-order valence-electron chi connectivity index (χ4n) is 3.07. The molecule has 1 aromatic carbocycles. The zero-order chi connectivity index (χ0) is 19.5. The molecule has 0 saturated carbocycles. The van der Waals surface area contributed by atoms with Crippen LogP contribution in [0.15, 0.2) is 66.6 Å². The van der Waals surface area contributed by atoms with E-state index in [0.717, 1.165) is 28.1 Å². The highest BCUT2D eigenvalue weighted by atomic mass is 32.1. The third-order valence-corrected chi connectivity index (χ3v) is 5.39. The highest BCUT2D eigenvalue weighted by Gasteiger charge is 2.12. The molecule has 1 amide bonds. The van der Waals surface area contributed by atoms with Gasteiger partial charge in [0, 0.05) is 30.1 Å². The second-order valence-corrected chi connectivity index (χ2v) is 7.11. The molecule has 2 N–H and O–H groups in total. The Kier molecular flexibility index (Phi) is 4.90. The molecule has 0 aliphatic carbocycles. The fourth-order valence-corrected chi connectivity index (χ4v) is 3.84. The van der Waals surface area contributed by atoms with E-state index in [0.29, 0.717) is 17.2 Å². The van der Waals surface area contributed by atoms with Crippen LogP contribution in [-0.2, 0) is 6.42 Å². The lowest BCUT2D eigenvalue weighted by atomic mass is 10.1. The third kappa shape index (κ3) is 3.52. The molecule has 0 aliphatic rings. The number of pyridine rings is 1. The van der Waals surface area contributed by atoms with Gasteiger partial charge >= 0.3 is 0 Å². The summed E-state index contributed by atoms with van der Waals surface area (Å²) in [5.41, 5.74) is 10.2. The van der Waals surface area contributed by atoms with Crippen molar-refractivity contribution >= 4 is 17.2 Å². The van der Waals surface area contributed by atoms with E-state index in [-0.39, 0.29) is 0 Å². The van der Waals surface area contributed by atoms with Crippen LogP contribution >= 0.6 is 11.3 Å². The van der Waals surface area contributed by atoms with Crippen LogP contribution in [0, 0.1) is 0 Å². The number of carbonyl (C=O) groups is 1. The molecular formula is C21H18N4O2S. The van der Waals surface area contributed by atoms with E-state index in [2.05, 4.69) is 9.97 Å². The highest BCUT2D eigenvalue weighted by Crippen LogP contribution is 2.28. The first kappa shape index (κ1) is 17.9. The number of carbonyl (C=O) groups excluding carboxylic acids is 1. The average Bonchev–Trinajstić information content (AvgIpc) is 3.38. The molecule has 0 radical (unpaired) electrons. The zero-order valence-corrected chi connectivity index (χ0v) is 16.0. The Balaban J connectivity index is 1.56. The molecule has 0 unspecified atom stereocenters. The summed E-state index contributed by atoms with van der Waals surface area (Å²) in [4.78, 5) is 20.8. The van der Waals surface area contributed by atoms with E-state index in [1.54, 1.807) is 19.6 Å². The number of aromatic nitrogens is 3. The molecule has 4 aromatic rings. The Bertz CT molecular complexity index is 1120. The summed E-state index contributed by atoms with van der Waals surface area (Å²) in [6.07, 6.45) is 6.01. The number of benzene rings is 1. The van der Waals surface area contributed by atoms with Crippen molar-refractivity contribution in [2.45, 2.75) is 6.42 Å². The van der Waals surface area contributed by atoms with Crippen LogP contribution in [0.3, 0.4) is 0 Å². The van der Waals surface area contributed by atoms with Gasteiger partial charge in [-0.2, -0.15) is 0 Å². The van der Waals surface area contributed by atoms with E-state index in [1.165, 1.54) is 11.3 Å². The minimum Gasteiger partial charge on any atom is -0.481 e. The summed E-state index contributed by atoms with van der Waals surface area (Å²) >= 11 is 1.36. The number of imidazole rings is 1. The third-order valence-electron chi connectivity index (χ3n) is 4.42. The molecule has 7 heteroatoms. The fraction of sp³-hybridized carbons (Fsp3) is 0.0952. The van der Waals surface area contributed by atoms with Gasteiger partial charge in [0.1, 0.15) is 0 Å². The van der Waals surface area contributed by atoms with Crippen LogP contribution in [0.5, 0.6) is 5.88 Å². The molecule has 0 bridgehead atoms. The van der Waals surface area contributed by atoms with Crippen molar-refractivity contribution in [1.82, 2.24) is 14.5 Å². The Morgan fingerprint density at radius 1 is 1.18 bits per heavy atom. The quantitative estimate of drug-likeness (QED) is 0.544. The molecule has 0 atom stereocenters. The molecule has 4 rings (SSSR count). The van der Waals surface area contributed by atoms with Gasteiger partial charge in [0.05, 0.1) is 24.0 Å². The summed E-state index contributed by atoms with van der Waals surface area (Å²) in [6, 6.07) is 13.9. The van der Waals surface area contributed by atoms with Crippen molar-refractivity contribution in [3.8, 4) is 22.7 Å². The molecule has 28 heavy (non-hydrogen) atoms. The SMILES string of the molecule is COc1ncccc1-c1ccc(-n2cnc(Cc3ccsc3C(N)=O)c2)cc1. The van der Waals surface area contributed by atoms with Gasteiger partial charge < -0.3 is 15.0 Å². The number of hydrogen-bond acceptors (Lipinski definition) is 5. The summed E-state index contributed by atoms with van der Waals surface area (Å²) < 4.78 is 7.29. The lowest BCUT2D eigenvalue weighted by Gasteiger charge is -2.08. The first-order valence-electron chi connectivity index (χ1n) is 8.64. The minimum atomic E-state index is -0.397. The van der Waals surface area contributed by atoms with Crippen LogP contribution in [0.1, 0.15) is 20.9 Å². The van der Waals surface area contributed by atoms with Gasteiger partial charge in [-0.3, -0.25) is 4.79 Å². The molecule has 3 heterocycles. The smallest absolute Gasteiger partial charge is 0.259 e. The molecule has 140 valence electrons. The molecule has 3 aromatic heterocycles. The minimum absolute atomic E-state index is 0.397. The van der Waals surface area contributed by atoms with Crippen LogP contribution < -0.4 is 10.5 Å². The zero-order valence-electron chi connectivity index (χ0n) is 15.2. The standard InChI is InChI=1S/C21H18N4O2S/c1-27-21-18(3-2-9-23-21)14-4-6-17(7-5-14)25-12-16(24-13-25)11-15-8-10-28-19(15)20(22)26/h2-10,12-13H,11H2,1H3,(H2,22,26). The normalized spacial score (nSPS) is 10.8. The number of amides is 1. The van der Waals surface area contributed by atoms with Gasteiger partial charge in [-0.25, -0.2) is 9.97 Å². The van der Waals surface area contributed by atoms with Crippen molar-refractivity contribution in [3.05, 3.63) is 82.7 Å². The van der Waals surface area contributed by atoms with Crippen molar-refractivity contribution in [1.29, 1.82) is 0 Å². The Morgan fingerprint density at radius 3 is 2.75 bits per heavy atom. The first-order chi connectivity index (χ1) is 13.7. The lowest BCUT2D eigenvalue weighted by molar-refractivity contribution is 0.100. The maximum atomic E-state index is 11.5. The topological polar surface area (TPSA) is 83.0 Å². The molecule has 0 fully saturated rings. The van der Waals surface area contributed by atoms with E-state index < -0.39 is 5.91 Å². The second-order valence-electron chi connectivity index (χ2n) is 6.20. The number of rotatable bonds is 6. The van der Waals surface area contributed by atoms with E-state index in [4.69, 9.17) is 10.5 Å². The number of nitrogens with two attached hydrogens (primary N) is 1. The largest absolute Gasteiger partial charge is 0.481 e. The van der Waals surface area contributed by atoms with Gasteiger partial charge in [0.15, 0.2) is 0 Å². The van der Waals surface area contributed by atoms with Crippen LogP contribution in [0.4, 0.5) is 0 Å². The second kappa shape index (κ2) is 7.66. The van der Waals surface area contributed by atoms with Gasteiger partial charge in [0.2, 0.25) is 5.88 Å². The highest BCUT2D eigenvalue weighted by molar-refractivity contribution is 7.12. The van der Waals surface area contributed by atoms with Crippen molar-refractivity contribution in [2.24, 2.45) is 5.73 Å². The summed E-state index contributed by atoms with van der Waals surface area (Å²) in [5.74, 6) is 0.201. The predicted molar refractivity (Wildman–Crippen MR) is 109 cm³/mol. The molecule has 0 spiro atoms. The summed E-state index contributed by atoms with van der Waals surface area (Å²) in [6.45, 7) is 0. The summed E-state index contributed by atoms with van der Waals surface area (Å²) in [7, 11) is 1.62. The van der Waals surface area contributed by atoms with Gasteiger partial charge in [-0.05, 0) is 46.8 Å². The Labute approximate surface area is 166 Å². The molecule has 0 saturated heterocycles. The number of thiophene rings is 1. The van der Waals surface area contributed by atoms with Gasteiger partial charge in [-0.1, -0.05) is 12.1 Å². The molecule has 0 aliphatic heterocycles. The Morgan fingerprint density at radius 2 is 2.00 bits per heavy atom. The maximum absolute atomic E-state index is 11.5. The van der Waals surface area contributed by atoms with Gasteiger partial charge in [-0.15, -0.1) is 11.3 Å². The average molecular weight is 390 g/mol. The van der Waals surface area contributed by atoms with Crippen LogP contribution in [0.25, 0.3) is 16.8 Å². The summed E-state index contributed by atoms with van der Waals surface area (Å²) in [5, 5.41) is 1.87. The first-order valence-corrected chi connectivity index (χ1v) is 9.52. The maximum Gasteiger partial charge on any atom is 0.259 e.